The number of anilines is 1. The van der Waals surface area contributed by atoms with Crippen LogP contribution in [0.1, 0.15) is 5.56 Å². The number of nitro benzene ring substituents is 1. The fourth-order valence-electron chi connectivity index (χ4n) is 1.37. The molecule has 1 unspecified atom stereocenters. The summed E-state index contributed by atoms with van der Waals surface area (Å²) in [6.45, 7) is 0.220. The van der Waals surface area contributed by atoms with E-state index in [0.717, 1.165) is 6.07 Å². The smallest absolute Gasteiger partial charge is 0.384 e. The van der Waals surface area contributed by atoms with Gasteiger partial charge < -0.3 is 5.32 Å². The lowest BCUT2D eigenvalue weighted by atomic mass is 10.1. The van der Waals surface area contributed by atoms with Gasteiger partial charge in [0, 0.05) is 41.1 Å². The Morgan fingerprint density at radius 1 is 1.42 bits per heavy atom. The van der Waals surface area contributed by atoms with Crippen molar-refractivity contribution in [3.8, 4) is 0 Å². The molecule has 106 valence electrons. The quantitative estimate of drug-likeness (QED) is 0.669. The number of nitrogens with zero attached hydrogens (tertiary/aromatic N) is 1. The van der Waals surface area contributed by atoms with Gasteiger partial charge in [-0.3, -0.25) is 14.3 Å². The number of nitrogens with one attached hydrogen (secondary N) is 1. The van der Waals surface area contributed by atoms with Gasteiger partial charge in [-0.15, -0.1) is 0 Å². The topological polar surface area (TPSA) is 72.2 Å². The molecule has 1 N–H and O–H groups in total. The van der Waals surface area contributed by atoms with E-state index in [2.05, 4.69) is 5.32 Å². The van der Waals surface area contributed by atoms with Crippen molar-refractivity contribution < 1.29 is 22.3 Å². The van der Waals surface area contributed by atoms with Crippen molar-refractivity contribution >= 4 is 22.2 Å². The second-order valence-corrected chi connectivity index (χ2v) is 5.25. The highest BCUT2D eigenvalue weighted by Crippen LogP contribution is 2.37. The van der Waals surface area contributed by atoms with Crippen LogP contribution in [-0.2, 0) is 17.0 Å². The molecule has 0 heterocycles. The summed E-state index contributed by atoms with van der Waals surface area (Å²) in [6, 6.07) is 2.66. The Morgan fingerprint density at radius 2 is 2.05 bits per heavy atom. The van der Waals surface area contributed by atoms with Gasteiger partial charge >= 0.3 is 6.18 Å². The van der Waals surface area contributed by atoms with Crippen LogP contribution in [0.3, 0.4) is 0 Å². The van der Waals surface area contributed by atoms with Crippen molar-refractivity contribution in [1.29, 1.82) is 0 Å². The molecule has 0 saturated carbocycles. The highest BCUT2D eigenvalue weighted by Gasteiger charge is 2.38. The lowest BCUT2D eigenvalue weighted by Crippen LogP contribution is -2.12. The molecule has 5 nitrogen and oxygen atoms in total. The predicted molar refractivity (Wildman–Crippen MR) is 65.5 cm³/mol. The molecule has 0 fully saturated rings. The van der Waals surface area contributed by atoms with E-state index in [-0.39, 0.29) is 18.0 Å². The van der Waals surface area contributed by atoms with Crippen molar-refractivity contribution in [2.24, 2.45) is 0 Å². The third-order valence-corrected chi connectivity index (χ3v) is 3.00. The molecule has 0 aliphatic heterocycles. The Labute approximate surface area is 109 Å². The Hall–Kier alpha value is -1.64. The maximum absolute atomic E-state index is 12.7. The standard InChI is InChI=1S/C10H11F3N2O3S/c1-19(18)5-4-14-7-2-3-9(15(16)17)8(6-7)10(11,12)13/h2-3,6,14H,4-5H2,1H3. The van der Waals surface area contributed by atoms with E-state index in [1.165, 1.54) is 12.3 Å². The SMILES string of the molecule is CS(=O)CCNc1ccc([N+](=O)[O-])c(C(F)(F)F)c1. The van der Waals surface area contributed by atoms with Crippen LogP contribution in [0.2, 0.25) is 0 Å². The molecule has 1 aromatic carbocycles. The first-order valence-corrected chi connectivity index (χ1v) is 6.84. The number of alkyl halides is 3. The Morgan fingerprint density at radius 3 is 2.53 bits per heavy atom. The monoisotopic (exact) mass is 296 g/mol. The van der Waals surface area contributed by atoms with Gasteiger partial charge in [-0.25, -0.2) is 0 Å². The summed E-state index contributed by atoms with van der Waals surface area (Å²) >= 11 is 0. The Balaban J connectivity index is 2.99. The molecule has 0 spiro atoms. The highest BCUT2D eigenvalue weighted by molar-refractivity contribution is 7.84. The van der Waals surface area contributed by atoms with Gasteiger partial charge in [0.1, 0.15) is 5.56 Å². The first-order valence-electron chi connectivity index (χ1n) is 5.11. The number of benzene rings is 1. The molecule has 0 aliphatic carbocycles. The van der Waals surface area contributed by atoms with E-state index in [9.17, 15) is 27.5 Å². The molecular weight excluding hydrogens is 285 g/mol. The Bertz CT molecular complexity index is 505. The molecule has 0 bridgehead atoms. The largest absolute Gasteiger partial charge is 0.423 e. The lowest BCUT2D eigenvalue weighted by molar-refractivity contribution is -0.388. The van der Waals surface area contributed by atoms with Crippen molar-refractivity contribution in [3.05, 3.63) is 33.9 Å². The summed E-state index contributed by atoms with van der Waals surface area (Å²) < 4.78 is 48.8. The van der Waals surface area contributed by atoms with Gasteiger partial charge in [-0.2, -0.15) is 13.2 Å². The van der Waals surface area contributed by atoms with Crippen LogP contribution < -0.4 is 5.32 Å². The summed E-state index contributed by atoms with van der Waals surface area (Å²) in [5, 5.41) is 13.2. The second-order valence-electron chi connectivity index (χ2n) is 3.69. The van der Waals surface area contributed by atoms with Crippen molar-refractivity contribution in [3.63, 3.8) is 0 Å². The molecule has 0 aromatic heterocycles. The minimum Gasteiger partial charge on any atom is -0.384 e. The molecule has 1 aromatic rings. The first-order chi connectivity index (χ1) is 8.71. The molecule has 19 heavy (non-hydrogen) atoms. The second kappa shape index (κ2) is 6.00. The van der Waals surface area contributed by atoms with E-state index in [4.69, 9.17) is 0 Å². The summed E-state index contributed by atoms with van der Waals surface area (Å²) in [6.07, 6.45) is -3.33. The summed E-state index contributed by atoms with van der Waals surface area (Å²) in [5.41, 5.74) is -2.19. The van der Waals surface area contributed by atoms with Crippen LogP contribution in [0.25, 0.3) is 0 Å². The highest BCUT2D eigenvalue weighted by atomic mass is 32.2. The fourth-order valence-corrected chi connectivity index (χ4v) is 1.76. The maximum atomic E-state index is 12.7. The summed E-state index contributed by atoms with van der Waals surface area (Å²) in [7, 11) is -1.07. The van der Waals surface area contributed by atoms with Crippen LogP contribution in [0.15, 0.2) is 18.2 Å². The third-order valence-electron chi connectivity index (χ3n) is 2.22. The van der Waals surface area contributed by atoms with Crippen LogP contribution in [0, 0.1) is 10.1 Å². The normalized spacial score (nSPS) is 13.1. The number of hydrogen-bond donors (Lipinski definition) is 1. The maximum Gasteiger partial charge on any atom is 0.423 e. The van der Waals surface area contributed by atoms with Crippen LogP contribution in [-0.4, -0.2) is 27.7 Å². The van der Waals surface area contributed by atoms with Crippen LogP contribution in [0.4, 0.5) is 24.5 Å². The van der Waals surface area contributed by atoms with Crippen molar-refractivity contribution in [2.75, 3.05) is 23.9 Å². The zero-order valence-electron chi connectivity index (χ0n) is 9.86. The average molecular weight is 296 g/mol. The van der Waals surface area contributed by atoms with Crippen molar-refractivity contribution in [1.82, 2.24) is 0 Å². The molecule has 0 saturated heterocycles. The van der Waals surface area contributed by atoms with Gasteiger partial charge in [-0.05, 0) is 12.1 Å². The van der Waals surface area contributed by atoms with E-state index >= 15 is 0 Å². The zero-order chi connectivity index (χ0) is 14.6. The zero-order valence-corrected chi connectivity index (χ0v) is 10.7. The van der Waals surface area contributed by atoms with E-state index in [1.54, 1.807) is 0 Å². The number of hydrogen-bond acceptors (Lipinski definition) is 4. The molecule has 1 rings (SSSR count). The molecule has 0 amide bonds. The van der Waals surface area contributed by atoms with Crippen LogP contribution >= 0.6 is 0 Å². The van der Waals surface area contributed by atoms with Gasteiger partial charge in [0.2, 0.25) is 0 Å². The number of nitro groups is 1. The predicted octanol–water partition coefficient (Wildman–Crippen LogP) is 2.40. The number of halogens is 3. The van der Waals surface area contributed by atoms with Gasteiger partial charge in [0.25, 0.3) is 5.69 Å². The minimum absolute atomic E-state index is 0.100. The third kappa shape index (κ3) is 4.51. The van der Waals surface area contributed by atoms with Gasteiger partial charge in [-0.1, -0.05) is 0 Å². The minimum atomic E-state index is -4.80. The molecular formula is C10H11F3N2O3S. The van der Waals surface area contributed by atoms with Crippen LogP contribution in [0.5, 0.6) is 0 Å². The number of rotatable bonds is 5. The van der Waals surface area contributed by atoms with Crippen molar-refractivity contribution in [2.45, 2.75) is 6.18 Å². The van der Waals surface area contributed by atoms with Gasteiger partial charge in [0.05, 0.1) is 4.92 Å². The van der Waals surface area contributed by atoms with E-state index in [1.807, 2.05) is 0 Å². The fraction of sp³-hybridized carbons (Fsp3) is 0.400. The van der Waals surface area contributed by atoms with Gasteiger partial charge in [0.15, 0.2) is 0 Å². The summed E-state index contributed by atoms with van der Waals surface area (Å²) in [4.78, 5) is 9.45. The molecule has 9 heteroatoms. The molecule has 1 atom stereocenters. The van der Waals surface area contributed by atoms with E-state index in [0.29, 0.717) is 6.07 Å². The summed E-state index contributed by atoms with van der Waals surface area (Å²) in [5.74, 6) is 0.276. The lowest BCUT2D eigenvalue weighted by Gasteiger charge is -2.10. The first kappa shape index (κ1) is 15.4. The molecule has 0 aliphatic rings. The average Bonchev–Trinajstić information content (AvgIpc) is 2.27. The van der Waals surface area contributed by atoms with E-state index < -0.39 is 33.2 Å². The molecule has 0 radical (unpaired) electrons. The Kier molecular flexibility index (Phi) is 4.87.